The molecule has 4 rings (SSSR count). The molecule has 4 unspecified atom stereocenters. The lowest BCUT2D eigenvalue weighted by Gasteiger charge is -2.44. The molecule has 2 fully saturated rings. The second kappa shape index (κ2) is 4.21. The summed E-state index contributed by atoms with van der Waals surface area (Å²) in [6.45, 7) is 2.10. The van der Waals surface area contributed by atoms with E-state index in [-0.39, 0.29) is 5.97 Å². The second-order valence-corrected chi connectivity index (χ2v) is 6.57. The topological polar surface area (TPSA) is 26.3 Å². The minimum absolute atomic E-state index is 0.102. The highest BCUT2D eigenvalue weighted by atomic mass is 16.5. The molecule has 0 aromatic heterocycles. The zero-order valence-electron chi connectivity index (χ0n) is 12.1. The zero-order chi connectivity index (χ0) is 13.9. The van der Waals surface area contributed by atoms with Gasteiger partial charge in [0.25, 0.3) is 0 Å². The van der Waals surface area contributed by atoms with E-state index in [9.17, 15) is 4.79 Å². The van der Waals surface area contributed by atoms with Crippen molar-refractivity contribution in [1.29, 1.82) is 0 Å². The molecule has 0 amide bonds. The Balaban J connectivity index is 1.81. The van der Waals surface area contributed by atoms with Gasteiger partial charge < -0.3 is 4.74 Å². The van der Waals surface area contributed by atoms with Gasteiger partial charge >= 0.3 is 5.97 Å². The third-order valence-corrected chi connectivity index (χ3v) is 5.64. The summed E-state index contributed by atoms with van der Waals surface area (Å²) in [6.07, 6.45) is 3.95. The fourth-order valence-electron chi connectivity index (χ4n) is 4.82. The molecule has 3 aliphatic carbocycles. The molecule has 2 heteroatoms. The fourth-order valence-corrected chi connectivity index (χ4v) is 4.82. The average molecular weight is 268 g/mol. The second-order valence-electron chi connectivity index (χ2n) is 6.57. The van der Waals surface area contributed by atoms with Crippen molar-refractivity contribution in [3.8, 4) is 0 Å². The van der Waals surface area contributed by atoms with Crippen LogP contribution in [0.4, 0.5) is 0 Å². The molecule has 0 heterocycles. The normalized spacial score (nSPS) is 33.9. The number of hydrogen-bond donors (Lipinski definition) is 0. The van der Waals surface area contributed by atoms with Crippen LogP contribution in [0.3, 0.4) is 0 Å². The van der Waals surface area contributed by atoms with Crippen LogP contribution in [-0.4, -0.2) is 13.1 Å². The van der Waals surface area contributed by atoms with Gasteiger partial charge in [0.1, 0.15) is 0 Å². The molecule has 1 aromatic carbocycles. The summed E-state index contributed by atoms with van der Waals surface area (Å²) >= 11 is 0. The number of hydrogen-bond acceptors (Lipinski definition) is 2. The Kier molecular flexibility index (Phi) is 2.57. The molecule has 2 saturated carbocycles. The van der Waals surface area contributed by atoms with Crippen LogP contribution in [0.5, 0.6) is 0 Å². The summed E-state index contributed by atoms with van der Waals surface area (Å²) in [4.78, 5) is 12.2. The van der Waals surface area contributed by atoms with Crippen LogP contribution in [0.25, 0.3) is 5.57 Å². The van der Waals surface area contributed by atoms with E-state index in [0.717, 1.165) is 17.4 Å². The smallest absolute Gasteiger partial charge is 0.334 e. The van der Waals surface area contributed by atoms with Crippen LogP contribution in [0, 0.1) is 30.6 Å². The van der Waals surface area contributed by atoms with Crippen molar-refractivity contribution in [2.24, 2.45) is 23.7 Å². The summed E-state index contributed by atoms with van der Waals surface area (Å²) in [7, 11) is 1.50. The molecule has 2 nitrogen and oxygen atoms in total. The number of rotatable bonds is 2. The van der Waals surface area contributed by atoms with E-state index in [1.165, 1.54) is 43.1 Å². The minimum Gasteiger partial charge on any atom is -0.466 e. The average Bonchev–Trinajstić information content (AvgIpc) is 2.99. The molecule has 3 aliphatic rings. The lowest BCUT2D eigenvalue weighted by Crippen LogP contribution is -2.38. The number of ether oxygens (including phenoxy) is 1. The van der Waals surface area contributed by atoms with Gasteiger partial charge in [-0.05, 0) is 55.1 Å². The van der Waals surface area contributed by atoms with E-state index in [1.54, 1.807) is 0 Å². The maximum absolute atomic E-state index is 12.2. The van der Waals surface area contributed by atoms with Gasteiger partial charge in [-0.3, -0.25) is 0 Å². The van der Waals surface area contributed by atoms with Crippen molar-refractivity contribution >= 4 is 11.5 Å². The number of methoxy groups -OCH3 is 1. The van der Waals surface area contributed by atoms with Crippen LogP contribution in [0.2, 0.25) is 0 Å². The quantitative estimate of drug-likeness (QED) is 0.766. The van der Waals surface area contributed by atoms with E-state index in [0.29, 0.717) is 11.8 Å². The van der Waals surface area contributed by atoms with Gasteiger partial charge in [-0.15, -0.1) is 0 Å². The van der Waals surface area contributed by atoms with Gasteiger partial charge in [-0.25, -0.2) is 4.79 Å². The minimum atomic E-state index is -0.102. The largest absolute Gasteiger partial charge is 0.466 e. The summed E-state index contributed by atoms with van der Waals surface area (Å²) in [6, 6.07) is 8.60. The molecule has 4 atom stereocenters. The number of esters is 1. The molecular formula is C18H20O2. The van der Waals surface area contributed by atoms with Gasteiger partial charge in [-0.2, -0.15) is 0 Å². The molecule has 0 saturated heterocycles. The number of aryl methyl sites for hydroxylation is 1. The number of allylic oxidation sites excluding steroid dienone is 1. The first kappa shape index (κ1) is 12.2. The highest BCUT2D eigenvalue weighted by Crippen LogP contribution is 2.66. The Morgan fingerprint density at radius 1 is 1.10 bits per heavy atom. The van der Waals surface area contributed by atoms with E-state index in [4.69, 9.17) is 4.74 Å². The first-order valence-electron chi connectivity index (χ1n) is 7.60. The zero-order valence-corrected chi connectivity index (χ0v) is 12.1. The number of fused-ring (bicyclic) bond motifs is 5. The van der Waals surface area contributed by atoms with E-state index in [1.807, 2.05) is 0 Å². The Morgan fingerprint density at radius 2 is 1.75 bits per heavy atom. The van der Waals surface area contributed by atoms with E-state index >= 15 is 0 Å². The molecule has 0 radical (unpaired) electrons. The predicted molar refractivity (Wildman–Crippen MR) is 77.9 cm³/mol. The van der Waals surface area contributed by atoms with Crippen molar-refractivity contribution in [1.82, 2.24) is 0 Å². The Hall–Kier alpha value is -1.57. The highest BCUT2D eigenvalue weighted by molar-refractivity contribution is 6.03. The third kappa shape index (κ3) is 1.48. The Labute approximate surface area is 119 Å². The summed E-state index contributed by atoms with van der Waals surface area (Å²) in [5, 5.41) is 0. The first-order chi connectivity index (χ1) is 9.70. The molecule has 0 spiro atoms. The van der Waals surface area contributed by atoms with Crippen LogP contribution in [0.1, 0.15) is 30.4 Å². The predicted octanol–water partition coefficient (Wildman–Crippen LogP) is 3.60. The molecule has 0 aliphatic heterocycles. The maximum Gasteiger partial charge on any atom is 0.334 e. The van der Waals surface area contributed by atoms with E-state index in [2.05, 4.69) is 31.2 Å². The van der Waals surface area contributed by atoms with Crippen molar-refractivity contribution in [3.05, 3.63) is 41.0 Å². The van der Waals surface area contributed by atoms with E-state index < -0.39 is 0 Å². The third-order valence-electron chi connectivity index (χ3n) is 5.64. The molecule has 1 aromatic rings. The Morgan fingerprint density at radius 3 is 2.40 bits per heavy atom. The highest BCUT2D eigenvalue weighted by Gasteiger charge is 2.58. The molecular weight excluding hydrogens is 248 g/mol. The molecule has 20 heavy (non-hydrogen) atoms. The van der Waals surface area contributed by atoms with Gasteiger partial charge in [-0.1, -0.05) is 29.8 Å². The first-order valence-corrected chi connectivity index (χ1v) is 7.60. The SMILES string of the molecule is COC(=O)C1=C(c2ccc(C)cc2)C2C3CCC(C3)C12. The van der Waals surface area contributed by atoms with Crippen molar-refractivity contribution in [2.45, 2.75) is 26.2 Å². The van der Waals surface area contributed by atoms with Gasteiger partial charge in [0.2, 0.25) is 0 Å². The van der Waals surface area contributed by atoms with Crippen LogP contribution >= 0.6 is 0 Å². The van der Waals surface area contributed by atoms with Gasteiger partial charge in [0.15, 0.2) is 0 Å². The Bertz CT molecular complexity index is 596. The van der Waals surface area contributed by atoms with Crippen LogP contribution < -0.4 is 0 Å². The number of carbonyl (C=O) groups excluding carboxylic acids is 1. The lowest BCUT2D eigenvalue weighted by atomic mass is 9.59. The van der Waals surface area contributed by atoms with Crippen molar-refractivity contribution < 1.29 is 9.53 Å². The molecule has 104 valence electrons. The summed E-state index contributed by atoms with van der Waals surface area (Å²) in [5.74, 6) is 2.53. The number of benzene rings is 1. The summed E-state index contributed by atoms with van der Waals surface area (Å²) < 4.78 is 5.05. The number of carbonyl (C=O) groups is 1. The van der Waals surface area contributed by atoms with Crippen molar-refractivity contribution in [2.75, 3.05) is 7.11 Å². The monoisotopic (exact) mass is 268 g/mol. The van der Waals surface area contributed by atoms with Crippen LogP contribution in [0.15, 0.2) is 29.8 Å². The summed E-state index contributed by atoms with van der Waals surface area (Å²) in [5.41, 5.74) is 4.75. The molecule has 2 bridgehead atoms. The van der Waals surface area contributed by atoms with Gasteiger partial charge in [0.05, 0.1) is 7.11 Å². The van der Waals surface area contributed by atoms with Crippen molar-refractivity contribution in [3.63, 3.8) is 0 Å². The molecule has 0 N–H and O–H groups in total. The lowest BCUT2D eigenvalue weighted by molar-refractivity contribution is -0.137. The maximum atomic E-state index is 12.2. The van der Waals surface area contributed by atoms with Crippen LogP contribution in [-0.2, 0) is 9.53 Å². The standard InChI is InChI=1S/C18H20O2/c1-10-3-5-11(6-4-10)14-15-12-7-8-13(9-12)16(15)17(14)18(19)20-2/h3-6,12-13,15-16H,7-9H2,1-2H3. The van der Waals surface area contributed by atoms with Gasteiger partial charge in [0, 0.05) is 11.5 Å². The fraction of sp³-hybridized carbons (Fsp3) is 0.500.